The molecule has 1 aromatic heterocycles. The minimum Gasteiger partial charge on any atom is -0.434 e. The fourth-order valence-electron chi connectivity index (χ4n) is 3.62. The van der Waals surface area contributed by atoms with Crippen LogP contribution in [-0.4, -0.2) is 10.5 Å². The molecule has 1 fully saturated rings. The van der Waals surface area contributed by atoms with Gasteiger partial charge < -0.3 is 4.74 Å². The van der Waals surface area contributed by atoms with E-state index in [4.69, 9.17) is 4.74 Å². The molecule has 0 bridgehead atoms. The Labute approximate surface area is 112 Å². The Morgan fingerprint density at radius 2 is 1.95 bits per heavy atom. The molecule has 0 unspecified atom stereocenters. The molecule has 0 radical (unpaired) electrons. The van der Waals surface area contributed by atoms with Gasteiger partial charge in [-0.3, -0.25) is 4.57 Å². The van der Waals surface area contributed by atoms with Gasteiger partial charge in [0.05, 0.1) is 5.52 Å². The van der Waals surface area contributed by atoms with Crippen molar-refractivity contribution in [2.24, 2.45) is 0 Å². The zero-order chi connectivity index (χ0) is 13.0. The van der Waals surface area contributed by atoms with E-state index in [1.54, 1.807) is 0 Å². The summed E-state index contributed by atoms with van der Waals surface area (Å²) in [6, 6.07) is 8.35. The number of hydrogen-bond acceptors (Lipinski definition) is 2. The minimum atomic E-state index is -0.401. The molecule has 98 valence electrons. The van der Waals surface area contributed by atoms with Gasteiger partial charge in [0.2, 0.25) is 0 Å². The van der Waals surface area contributed by atoms with Crippen LogP contribution in [0.1, 0.15) is 48.2 Å². The number of nitrogens with zero attached hydrogens (tertiary/aromatic N) is 1. The third kappa shape index (κ3) is 1.41. The van der Waals surface area contributed by atoms with E-state index in [1.165, 1.54) is 12.0 Å². The molecule has 1 aromatic carbocycles. The Morgan fingerprint density at radius 3 is 2.74 bits per heavy atom. The summed E-state index contributed by atoms with van der Waals surface area (Å²) in [5.41, 5.74) is 2.68. The lowest BCUT2D eigenvalue weighted by Gasteiger charge is -2.34. The van der Waals surface area contributed by atoms with Crippen LogP contribution in [0.15, 0.2) is 24.3 Å². The molecule has 4 rings (SSSR count). The van der Waals surface area contributed by atoms with Crippen molar-refractivity contribution in [2.45, 2.75) is 44.8 Å². The predicted octanol–water partition coefficient (Wildman–Crippen LogP) is 3.74. The number of rotatable bonds is 0. The Hall–Kier alpha value is -1.77. The second kappa shape index (κ2) is 3.62. The lowest BCUT2D eigenvalue weighted by atomic mass is 9.91. The number of carbonyl (C=O) groups is 1. The fraction of sp³-hybridized carbons (Fsp3) is 0.438. The zero-order valence-corrected chi connectivity index (χ0v) is 11.1. The van der Waals surface area contributed by atoms with Crippen LogP contribution in [0.3, 0.4) is 0 Å². The van der Waals surface area contributed by atoms with Gasteiger partial charge in [-0.15, -0.1) is 0 Å². The molecule has 3 heteroatoms. The highest BCUT2D eigenvalue weighted by Gasteiger charge is 2.46. The van der Waals surface area contributed by atoms with Crippen molar-refractivity contribution in [3.05, 3.63) is 35.5 Å². The first-order valence-electron chi connectivity index (χ1n) is 7.06. The van der Waals surface area contributed by atoms with Crippen molar-refractivity contribution in [1.29, 1.82) is 0 Å². The number of benzene rings is 1. The van der Waals surface area contributed by atoms with Crippen LogP contribution in [0, 0.1) is 6.92 Å². The smallest absolute Gasteiger partial charge is 0.357 e. The van der Waals surface area contributed by atoms with Gasteiger partial charge >= 0.3 is 5.97 Å². The van der Waals surface area contributed by atoms with Gasteiger partial charge in [0, 0.05) is 18.2 Å². The van der Waals surface area contributed by atoms with Crippen molar-refractivity contribution < 1.29 is 9.53 Å². The van der Waals surface area contributed by atoms with E-state index in [0.717, 1.165) is 42.3 Å². The summed E-state index contributed by atoms with van der Waals surface area (Å²) in [4.78, 5) is 12.2. The Kier molecular flexibility index (Phi) is 2.12. The molecule has 19 heavy (non-hydrogen) atoms. The molecule has 0 saturated heterocycles. The highest BCUT2D eigenvalue weighted by atomic mass is 16.6. The minimum absolute atomic E-state index is 0.157. The number of hydrogen-bond donors (Lipinski definition) is 0. The molecule has 1 aliphatic heterocycles. The van der Waals surface area contributed by atoms with Gasteiger partial charge in [-0.2, -0.15) is 0 Å². The van der Waals surface area contributed by atoms with Crippen LogP contribution < -0.4 is 0 Å². The number of fused-ring (bicyclic) bond motifs is 4. The van der Waals surface area contributed by atoms with E-state index in [2.05, 4.69) is 29.7 Å². The van der Waals surface area contributed by atoms with Gasteiger partial charge in [0.25, 0.3) is 0 Å². The molecule has 2 aliphatic rings. The number of aryl methyl sites for hydroxylation is 1. The highest BCUT2D eigenvalue weighted by molar-refractivity contribution is 5.98. The number of ether oxygens (including phenoxy) is 1. The molecule has 1 spiro atoms. The van der Waals surface area contributed by atoms with Crippen LogP contribution in [0.2, 0.25) is 0 Å². The molecule has 1 aliphatic carbocycles. The Balaban J connectivity index is 1.99. The standard InChI is InChI=1S/C16H17NO2/c1-11-5-6-13-12(9-11)10-14-15(18)19-16(17(13)14)7-3-2-4-8-16/h5-6,9-10H,2-4,7-8H2,1H3. The summed E-state index contributed by atoms with van der Waals surface area (Å²) >= 11 is 0. The molecular weight excluding hydrogens is 238 g/mol. The van der Waals surface area contributed by atoms with Crippen LogP contribution in [0.25, 0.3) is 10.9 Å². The summed E-state index contributed by atoms with van der Waals surface area (Å²) in [5.74, 6) is -0.157. The third-order valence-electron chi connectivity index (χ3n) is 4.49. The summed E-state index contributed by atoms with van der Waals surface area (Å²) in [6.45, 7) is 2.08. The molecule has 0 atom stereocenters. The summed E-state index contributed by atoms with van der Waals surface area (Å²) in [7, 11) is 0. The second-order valence-corrected chi connectivity index (χ2v) is 5.82. The van der Waals surface area contributed by atoms with Crippen LogP contribution in [0.5, 0.6) is 0 Å². The van der Waals surface area contributed by atoms with Gasteiger partial charge in [-0.25, -0.2) is 4.79 Å². The van der Waals surface area contributed by atoms with Crippen LogP contribution >= 0.6 is 0 Å². The van der Waals surface area contributed by atoms with Gasteiger partial charge in [0.15, 0.2) is 5.72 Å². The first-order chi connectivity index (χ1) is 9.20. The first-order valence-corrected chi connectivity index (χ1v) is 7.06. The van der Waals surface area contributed by atoms with Gasteiger partial charge in [-0.05, 0) is 38.0 Å². The van der Waals surface area contributed by atoms with Gasteiger partial charge in [0.1, 0.15) is 5.69 Å². The maximum Gasteiger partial charge on any atom is 0.357 e. The average Bonchev–Trinajstić information content (AvgIpc) is 2.88. The van der Waals surface area contributed by atoms with Crippen molar-refractivity contribution in [2.75, 3.05) is 0 Å². The maximum absolute atomic E-state index is 12.2. The number of carbonyl (C=O) groups excluding carboxylic acids is 1. The largest absolute Gasteiger partial charge is 0.434 e. The molecule has 0 amide bonds. The maximum atomic E-state index is 12.2. The van der Waals surface area contributed by atoms with E-state index < -0.39 is 5.72 Å². The van der Waals surface area contributed by atoms with Crippen molar-refractivity contribution in [1.82, 2.24) is 4.57 Å². The summed E-state index contributed by atoms with van der Waals surface area (Å²) in [6.07, 6.45) is 5.41. The molecule has 1 saturated carbocycles. The number of aromatic nitrogens is 1. The zero-order valence-electron chi connectivity index (χ0n) is 11.1. The molecule has 2 heterocycles. The lowest BCUT2D eigenvalue weighted by molar-refractivity contribution is -0.0654. The quantitative estimate of drug-likeness (QED) is 0.671. The molecular formula is C16H17NO2. The van der Waals surface area contributed by atoms with Crippen LogP contribution in [0.4, 0.5) is 0 Å². The van der Waals surface area contributed by atoms with Crippen molar-refractivity contribution in [3.8, 4) is 0 Å². The van der Waals surface area contributed by atoms with Crippen molar-refractivity contribution in [3.63, 3.8) is 0 Å². The van der Waals surface area contributed by atoms with E-state index in [9.17, 15) is 4.79 Å². The van der Waals surface area contributed by atoms with Crippen LogP contribution in [-0.2, 0) is 10.5 Å². The normalized spacial score (nSPS) is 20.8. The average molecular weight is 255 g/mol. The first kappa shape index (κ1) is 11.1. The summed E-state index contributed by atoms with van der Waals surface area (Å²) in [5, 5.41) is 1.15. The van der Waals surface area contributed by atoms with Crippen molar-refractivity contribution >= 4 is 16.9 Å². The third-order valence-corrected chi connectivity index (χ3v) is 4.49. The van der Waals surface area contributed by atoms with E-state index in [-0.39, 0.29) is 5.97 Å². The fourth-order valence-corrected chi connectivity index (χ4v) is 3.62. The van der Waals surface area contributed by atoms with E-state index >= 15 is 0 Å². The topological polar surface area (TPSA) is 31.2 Å². The molecule has 0 N–H and O–H groups in total. The van der Waals surface area contributed by atoms with E-state index in [1.807, 2.05) is 6.07 Å². The summed E-state index contributed by atoms with van der Waals surface area (Å²) < 4.78 is 7.92. The Morgan fingerprint density at radius 1 is 1.16 bits per heavy atom. The SMILES string of the molecule is Cc1ccc2c(c1)cc1n2C2(CCCCC2)OC1=O. The van der Waals surface area contributed by atoms with E-state index in [0.29, 0.717) is 0 Å². The molecule has 3 nitrogen and oxygen atoms in total. The van der Waals surface area contributed by atoms with Gasteiger partial charge in [-0.1, -0.05) is 18.1 Å². The lowest BCUT2D eigenvalue weighted by Crippen LogP contribution is -2.34. The molecule has 2 aromatic rings. The predicted molar refractivity (Wildman–Crippen MR) is 73.1 cm³/mol. The second-order valence-electron chi connectivity index (χ2n) is 5.82. The highest BCUT2D eigenvalue weighted by Crippen LogP contribution is 2.44. The number of esters is 1. The Bertz CT molecular complexity index is 677. The monoisotopic (exact) mass is 255 g/mol.